The van der Waals surface area contributed by atoms with Gasteiger partial charge < -0.3 is 14.4 Å². The minimum Gasteiger partial charge on any atom is -0.383 e. The van der Waals surface area contributed by atoms with E-state index in [0.29, 0.717) is 38.6 Å². The molecule has 0 aliphatic carbocycles. The number of fused-ring (bicyclic) bond motifs is 1. The van der Waals surface area contributed by atoms with Crippen molar-refractivity contribution in [2.24, 2.45) is 7.05 Å². The fraction of sp³-hybridized carbons (Fsp3) is 0.588. The van der Waals surface area contributed by atoms with Crippen LogP contribution in [0.4, 0.5) is 0 Å². The second kappa shape index (κ2) is 7.37. The van der Waals surface area contributed by atoms with Gasteiger partial charge in [-0.05, 0) is 6.92 Å². The molecule has 0 N–H and O–H groups in total. The van der Waals surface area contributed by atoms with Gasteiger partial charge >= 0.3 is 0 Å². The molecule has 0 spiro atoms. The Morgan fingerprint density at radius 2 is 2.24 bits per heavy atom. The first-order valence-electron chi connectivity index (χ1n) is 8.41. The lowest BCUT2D eigenvalue weighted by atomic mass is 10.1. The summed E-state index contributed by atoms with van der Waals surface area (Å²) in [5.41, 5.74) is 4.43. The Kier molecular flexibility index (Phi) is 5.19. The van der Waals surface area contributed by atoms with E-state index in [0.717, 1.165) is 28.9 Å². The van der Waals surface area contributed by atoms with E-state index in [2.05, 4.69) is 10.2 Å². The Morgan fingerprint density at radius 1 is 1.44 bits per heavy atom. The predicted octanol–water partition coefficient (Wildman–Crippen LogP) is 0.916. The normalized spacial score (nSPS) is 13.8. The number of amides is 1. The van der Waals surface area contributed by atoms with Crippen LogP contribution in [-0.4, -0.2) is 57.7 Å². The molecule has 1 aliphatic heterocycles. The second-order valence-corrected chi connectivity index (χ2v) is 6.37. The molecule has 0 bridgehead atoms. The van der Waals surface area contributed by atoms with E-state index in [-0.39, 0.29) is 5.91 Å². The highest BCUT2D eigenvalue weighted by atomic mass is 16.5. The van der Waals surface area contributed by atoms with Crippen LogP contribution in [0.25, 0.3) is 0 Å². The first-order chi connectivity index (χ1) is 12.0. The number of methoxy groups -OCH3 is 1. The van der Waals surface area contributed by atoms with Crippen LogP contribution >= 0.6 is 0 Å². The van der Waals surface area contributed by atoms with E-state index < -0.39 is 0 Å². The lowest BCUT2D eigenvalue weighted by Crippen LogP contribution is -2.28. The molecule has 3 rings (SSSR count). The van der Waals surface area contributed by atoms with Crippen LogP contribution in [0.1, 0.15) is 33.0 Å². The van der Waals surface area contributed by atoms with E-state index in [1.54, 1.807) is 23.7 Å². The van der Waals surface area contributed by atoms with E-state index in [1.165, 1.54) is 0 Å². The summed E-state index contributed by atoms with van der Waals surface area (Å²) in [6.45, 7) is 4.74. The monoisotopic (exact) mass is 347 g/mol. The highest BCUT2D eigenvalue weighted by Gasteiger charge is 2.27. The molecule has 0 saturated heterocycles. The van der Waals surface area contributed by atoms with Gasteiger partial charge in [-0.1, -0.05) is 0 Å². The molecule has 2 aromatic heterocycles. The fourth-order valence-electron chi connectivity index (χ4n) is 3.16. The Labute approximate surface area is 147 Å². The Hall–Kier alpha value is -2.19. The van der Waals surface area contributed by atoms with E-state index in [4.69, 9.17) is 9.47 Å². The van der Waals surface area contributed by atoms with Gasteiger partial charge in [0.25, 0.3) is 5.91 Å². The molecule has 3 heterocycles. The van der Waals surface area contributed by atoms with Crippen LogP contribution in [-0.2, 0) is 42.6 Å². The number of rotatable bonds is 6. The molecule has 0 unspecified atom stereocenters. The number of ether oxygens (including phenoxy) is 2. The highest BCUT2D eigenvalue weighted by Crippen LogP contribution is 2.22. The van der Waals surface area contributed by atoms with Crippen molar-refractivity contribution in [3.63, 3.8) is 0 Å². The number of carbonyl (C=O) groups is 1. The maximum absolute atomic E-state index is 13.0. The van der Waals surface area contributed by atoms with Crippen LogP contribution < -0.4 is 0 Å². The maximum atomic E-state index is 13.0. The van der Waals surface area contributed by atoms with Gasteiger partial charge in [0.2, 0.25) is 0 Å². The van der Waals surface area contributed by atoms with Crippen molar-refractivity contribution >= 4 is 5.91 Å². The molecule has 0 saturated carbocycles. The number of hydrogen-bond acceptors (Lipinski definition) is 5. The minimum absolute atomic E-state index is 0.0961. The van der Waals surface area contributed by atoms with Crippen LogP contribution in [0.15, 0.2) is 6.20 Å². The number of aryl methyl sites for hydroxylation is 2. The van der Waals surface area contributed by atoms with Crippen molar-refractivity contribution < 1.29 is 14.3 Å². The van der Waals surface area contributed by atoms with Gasteiger partial charge in [0.05, 0.1) is 32.1 Å². The van der Waals surface area contributed by atoms with Crippen LogP contribution in [0.5, 0.6) is 0 Å². The summed E-state index contributed by atoms with van der Waals surface area (Å²) in [5.74, 6) is -0.0961. The van der Waals surface area contributed by atoms with Crippen molar-refractivity contribution in [1.29, 1.82) is 0 Å². The molecule has 0 aromatic carbocycles. The first-order valence-corrected chi connectivity index (χ1v) is 8.41. The van der Waals surface area contributed by atoms with Crippen molar-refractivity contribution in [3.05, 3.63) is 34.4 Å². The van der Waals surface area contributed by atoms with Gasteiger partial charge in [-0.2, -0.15) is 10.2 Å². The fourth-order valence-corrected chi connectivity index (χ4v) is 3.16. The summed E-state index contributed by atoms with van der Waals surface area (Å²) in [6.07, 6.45) is 2.71. The molecule has 0 fully saturated rings. The molecule has 2 aromatic rings. The molecular weight excluding hydrogens is 322 g/mol. The van der Waals surface area contributed by atoms with Gasteiger partial charge in [0, 0.05) is 57.2 Å². The third kappa shape index (κ3) is 3.59. The van der Waals surface area contributed by atoms with Gasteiger partial charge in [-0.3, -0.25) is 14.2 Å². The van der Waals surface area contributed by atoms with Crippen molar-refractivity contribution in [3.8, 4) is 0 Å². The molecular formula is C17H25N5O3. The molecule has 8 heteroatoms. The van der Waals surface area contributed by atoms with Crippen LogP contribution in [0.3, 0.4) is 0 Å². The molecule has 0 radical (unpaired) electrons. The summed E-state index contributed by atoms with van der Waals surface area (Å²) in [5, 5.41) is 8.89. The summed E-state index contributed by atoms with van der Waals surface area (Å²) < 4.78 is 14.4. The Bertz CT molecular complexity index is 765. The van der Waals surface area contributed by atoms with Crippen LogP contribution in [0, 0.1) is 6.92 Å². The summed E-state index contributed by atoms with van der Waals surface area (Å²) >= 11 is 0. The second-order valence-electron chi connectivity index (χ2n) is 6.37. The van der Waals surface area contributed by atoms with Gasteiger partial charge in [-0.25, -0.2) is 0 Å². The van der Waals surface area contributed by atoms with E-state index in [1.807, 2.05) is 24.9 Å². The Balaban J connectivity index is 1.83. The number of aromatic nitrogens is 4. The maximum Gasteiger partial charge on any atom is 0.274 e. The SMILES string of the molecule is COCCn1nc(C(=O)N(C)Cc2cn(C)nc2C)c2c1CCOC2. The number of hydrogen-bond donors (Lipinski definition) is 0. The third-order valence-electron chi connectivity index (χ3n) is 4.48. The quantitative estimate of drug-likeness (QED) is 0.777. The topological polar surface area (TPSA) is 74.4 Å². The molecule has 1 amide bonds. The van der Waals surface area contributed by atoms with Gasteiger partial charge in [0.15, 0.2) is 5.69 Å². The largest absolute Gasteiger partial charge is 0.383 e. The van der Waals surface area contributed by atoms with Gasteiger partial charge in [0.1, 0.15) is 0 Å². The zero-order chi connectivity index (χ0) is 18.0. The van der Waals surface area contributed by atoms with Crippen molar-refractivity contribution in [2.45, 2.75) is 33.0 Å². The van der Waals surface area contributed by atoms with Gasteiger partial charge in [-0.15, -0.1) is 0 Å². The van der Waals surface area contributed by atoms with E-state index in [9.17, 15) is 4.79 Å². The van der Waals surface area contributed by atoms with Crippen LogP contribution in [0.2, 0.25) is 0 Å². The molecule has 136 valence electrons. The number of nitrogens with zero attached hydrogens (tertiary/aromatic N) is 5. The molecule has 25 heavy (non-hydrogen) atoms. The number of carbonyl (C=O) groups excluding carboxylic acids is 1. The smallest absolute Gasteiger partial charge is 0.274 e. The minimum atomic E-state index is -0.0961. The summed E-state index contributed by atoms with van der Waals surface area (Å²) in [6, 6.07) is 0. The third-order valence-corrected chi connectivity index (χ3v) is 4.48. The predicted molar refractivity (Wildman–Crippen MR) is 91.2 cm³/mol. The van der Waals surface area contributed by atoms with Crippen molar-refractivity contribution in [1.82, 2.24) is 24.5 Å². The average molecular weight is 347 g/mol. The lowest BCUT2D eigenvalue weighted by molar-refractivity contribution is 0.0764. The molecule has 1 aliphatic rings. The lowest BCUT2D eigenvalue weighted by Gasteiger charge is -2.18. The average Bonchev–Trinajstić information content (AvgIpc) is 3.12. The zero-order valence-corrected chi connectivity index (χ0v) is 15.3. The zero-order valence-electron chi connectivity index (χ0n) is 15.3. The Morgan fingerprint density at radius 3 is 2.92 bits per heavy atom. The molecule has 8 nitrogen and oxygen atoms in total. The van der Waals surface area contributed by atoms with E-state index >= 15 is 0 Å². The highest BCUT2D eigenvalue weighted by molar-refractivity contribution is 5.93. The van der Waals surface area contributed by atoms with Crippen molar-refractivity contribution in [2.75, 3.05) is 27.4 Å². The summed E-state index contributed by atoms with van der Waals surface area (Å²) in [7, 11) is 5.33. The summed E-state index contributed by atoms with van der Waals surface area (Å²) in [4.78, 5) is 14.6. The standard InChI is InChI=1S/C17H25N5O3/c1-12-13(10-21(3)18-12)9-20(2)17(23)16-14-11-25-7-5-15(14)22(19-16)6-8-24-4/h10H,5-9,11H2,1-4H3. The molecule has 0 atom stereocenters. The first kappa shape index (κ1) is 17.6.